The molecule has 1 aliphatic heterocycles. The Labute approximate surface area is 107 Å². The van der Waals surface area contributed by atoms with Gasteiger partial charge in [-0.25, -0.2) is 0 Å². The zero-order valence-corrected chi connectivity index (χ0v) is 11.4. The van der Waals surface area contributed by atoms with Gasteiger partial charge in [0.2, 0.25) is 4.90 Å². The van der Waals surface area contributed by atoms with Crippen molar-refractivity contribution >= 4 is 26.8 Å². The predicted octanol–water partition coefficient (Wildman–Crippen LogP) is 0.588. The fourth-order valence-electron chi connectivity index (χ4n) is 1.88. The van der Waals surface area contributed by atoms with Gasteiger partial charge in [0.25, 0.3) is 0 Å². The molecule has 1 aliphatic carbocycles. The lowest BCUT2D eigenvalue weighted by Crippen LogP contribution is -2.22. The van der Waals surface area contributed by atoms with Crippen molar-refractivity contribution in [2.75, 3.05) is 6.54 Å². The quantitative estimate of drug-likeness (QED) is 0.472. The van der Waals surface area contributed by atoms with Gasteiger partial charge in [-0.05, 0) is 23.3 Å². The van der Waals surface area contributed by atoms with E-state index in [2.05, 4.69) is 5.32 Å². The van der Waals surface area contributed by atoms with E-state index in [-0.39, 0.29) is 17.2 Å². The van der Waals surface area contributed by atoms with Crippen molar-refractivity contribution in [2.24, 2.45) is 0 Å². The van der Waals surface area contributed by atoms with E-state index in [4.69, 9.17) is 11.6 Å². The van der Waals surface area contributed by atoms with Gasteiger partial charge in [0.1, 0.15) is 0 Å². The Morgan fingerprint density at radius 2 is 1.72 bits per heavy atom. The molecule has 5 N–H and O–H groups in total. The van der Waals surface area contributed by atoms with Crippen LogP contribution in [0.15, 0.2) is 34.5 Å². The first kappa shape index (κ1) is 14.0. The summed E-state index contributed by atoms with van der Waals surface area (Å²) in [5.74, 6) is 0. The first-order valence-electron chi connectivity index (χ1n) is 4.74. The first-order chi connectivity index (χ1) is 8.08. The summed E-state index contributed by atoms with van der Waals surface area (Å²) in [4.78, 5) is 34.5. The molecule has 0 aromatic carbocycles. The second-order valence-electron chi connectivity index (χ2n) is 3.97. The lowest BCUT2D eigenvalue weighted by molar-refractivity contribution is 0.333. The Morgan fingerprint density at radius 1 is 1.17 bits per heavy atom. The lowest BCUT2D eigenvalue weighted by atomic mass is 10.1. The van der Waals surface area contributed by atoms with Crippen LogP contribution < -0.4 is 5.32 Å². The zero-order valence-electron chi connectivity index (χ0n) is 8.82. The summed E-state index contributed by atoms with van der Waals surface area (Å²) in [6.45, 7) is 0.198. The summed E-state index contributed by atoms with van der Waals surface area (Å²) in [6.07, 6.45) is 3.18. The fourth-order valence-corrected chi connectivity index (χ4v) is 4.74. The molecule has 100 valence electrons. The van der Waals surface area contributed by atoms with Gasteiger partial charge in [0.05, 0.1) is 5.03 Å². The highest BCUT2D eigenvalue weighted by atomic mass is 35.5. The Bertz CT molecular complexity index is 560. The van der Waals surface area contributed by atoms with Crippen LogP contribution in [0.25, 0.3) is 0 Å². The van der Waals surface area contributed by atoms with Crippen LogP contribution in [0, 0.1) is 0 Å². The van der Waals surface area contributed by atoms with Crippen molar-refractivity contribution < 1.29 is 28.7 Å². The predicted molar refractivity (Wildman–Crippen MR) is 64.9 cm³/mol. The molecule has 1 heterocycles. The van der Waals surface area contributed by atoms with Crippen LogP contribution in [0.1, 0.15) is 0 Å². The molecule has 0 aromatic rings. The Hall–Kier alpha value is -0.390. The van der Waals surface area contributed by atoms with Gasteiger partial charge in [-0.3, -0.25) is 9.13 Å². The number of fused-ring (bicyclic) bond motifs is 1. The molecule has 0 fully saturated rings. The van der Waals surface area contributed by atoms with Crippen LogP contribution in [0.2, 0.25) is 0 Å². The molecule has 18 heavy (non-hydrogen) atoms. The second kappa shape index (κ2) is 4.05. The van der Waals surface area contributed by atoms with Crippen LogP contribution in [0.3, 0.4) is 0 Å². The van der Waals surface area contributed by atoms with E-state index >= 15 is 0 Å². The molecule has 0 aromatic heterocycles. The molecule has 0 saturated carbocycles. The molecule has 2 rings (SSSR count). The number of hydrogen-bond acceptors (Lipinski definition) is 3. The van der Waals surface area contributed by atoms with E-state index in [0.29, 0.717) is 5.57 Å². The van der Waals surface area contributed by atoms with Crippen molar-refractivity contribution in [2.45, 2.75) is 4.90 Å². The average molecular weight is 314 g/mol. The molecule has 0 unspecified atom stereocenters. The minimum absolute atomic E-state index is 0.149. The molecule has 7 nitrogen and oxygen atoms in total. The Kier molecular flexibility index (Phi) is 3.16. The fraction of sp³-hybridized carbons (Fsp3) is 0.250. The van der Waals surface area contributed by atoms with Gasteiger partial charge in [0.15, 0.2) is 0 Å². The minimum Gasteiger partial charge on any atom is -0.386 e. The van der Waals surface area contributed by atoms with Crippen LogP contribution in [-0.2, 0) is 9.13 Å². The molecular weight excluding hydrogens is 303 g/mol. The lowest BCUT2D eigenvalue weighted by Gasteiger charge is -2.26. The molecule has 2 aliphatic rings. The van der Waals surface area contributed by atoms with Crippen molar-refractivity contribution in [1.29, 1.82) is 0 Å². The highest BCUT2D eigenvalue weighted by molar-refractivity contribution is 7.73. The standard InChI is InChI=1S/C8H10ClNO6P2/c9-7-4-10-3-5-1-8(2-6(5)7,17(11,12)13)18(14,15)16/h1-2,4,10H,3H2,(H2,11,12,13)(H2,14,15,16). The van der Waals surface area contributed by atoms with Crippen molar-refractivity contribution in [3.63, 3.8) is 0 Å². The number of halogens is 1. The molecule has 10 heteroatoms. The Morgan fingerprint density at radius 3 is 2.17 bits per heavy atom. The summed E-state index contributed by atoms with van der Waals surface area (Å²) in [5.41, 5.74) is 0.594. The van der Waals surface area contributed by atoms with Gasteiger partial charge in [-0.2, -0.15) is 0 Å². The van der Waals surface area contributed by atoms with Gasteiger partial charge in [-0.1, -0.05) is 11.6 Å². The third kappa shape index (κ3) is 1.92. The number of allylic oxidation sites excluding steroid dienone is 3. The van der Waals surface area contributed by atoms with E-state index in [1.165, 1.54) is 6.20 Å². The monoisotopic (exact) mass is 313 g/mol. The van der Waals surface area contributed by atoms with E-state index < -0.39 is 20.1 Å². The van der Waals surface area contributed by atoms with E-state index in [1.807, 2.05) is 0 Å². The van der Waals surface area contributed by atoms with Gasteiger partial charge in [0, 0.05) is 12.7 Å². The van der Waals surface area contributed by atoms with Crippen LogP contribution in [0.4, 0.5) is 0 Å². The van der Waals surface area contributed by atoms with E-state index in [1.54, 1.807) is 0 Å². The van der Waals surface area contributed by atoms with E-state index in [9.17, 15) is 28.7 Å². The maximum absolute atomic E-state index is 11.5. The average Bonchev–Trinajstić information content (AvgIpc) is 2.57. The zero-order chi connectivity index (χ0) is 13.8. The third-order valence-corrected chi connectivity index (χ3v) is 7.06. The SMILES string of the molecule is O=P(O)(O)C1(P(=O)(O)O)C=C2CNC=C(Cl)C2=C1. The molecular formula is C8H10ClNO6P2. The molecule has 0 saturated heterocycles. The highest BCUT2D eigenvalue weighted by Gasteiger charge is 2.60. The maximum Gasteiger partial charge on any atom is 0.351 e. The van der Waals surface area contributed by atoms with Crippen molar-refractivity contribution in [3.8, 4) is 0 Å². The summed E-state index contributed by atoms with van der Waals surface area (Å²) in [5, 5.41) is 2.89. The summed E-state index contributed by atoms with van der Waals surface area (Å²) < 4.78 is 23.0. The summed E-state index contributed by atoms with van der Waals surface area (Å²) in [6, 6.07) is 0. The first-order valence-corrected chi connectivity index (χ1v) is 8.34. The molecule has 0 bridgehead atoms. The highest BCUT2D eigenvalue weighted by Crippen LogP contribution is 2.73. The van der Waals surface area contributed by atoms with Crippen molar-refractivity contribution in [1.82, 2.24) is 5.32 Å². The van der Waals surface area contributed by atoms with E-state index in [0.717, 1.165) is 12.2 Å². The molecule has 0 amide bonds. The summed E-state index contributed by atoms with van der Waals surface area (Å²) >= 11 is 5.83. The Balaban J connectivity index is 2.70. The van der Waals surface area contributed by atoms with Crippen LogP contribution in [0.5, 0.6) is 0 Å². The second-order valence-corrected chi connectivity index (χ2v) is 8.39. The molecule has 0 spiro atoms. The number of nitrogens with one attached hydrogen (secondary N) is 1. The van der Waals surface area contributed by atoms with Crippen LogP contribution >= 0.6 is 26.8 Å². The van der Waals surface area contributed by atoms with Gasteiger partial charge in [-0.15, -0.1) is 0 Å². The minimum atomic E-state index is -5.10. The van der Waals surface area contributed by atoms with Gasteiger partial charge < -0.3 is 24.9 Å². The summed E-state index contributed by atoms with van der Waals surface area (Å²) in [7, 11) is -10.2. The third-order valence-electron chi connectivity index (χ3n) is 2.80. The molecule has 0 atom stereocenters. The molecule has 0 radical (unpaired) electrons. The maximum atomic E-state index is 11.5. The number of rotatable bonds is 2. The largest absolute Gasteiger partial charge is 0.386 e. The normalized spacial score (nSPS) is 22.6. The van der Waals surface area contributed by atoms with Gasteiger partial charge >= 0.3 is 15.2 Å². The van der Waals surface area contributed by atoms with Crippen LogP contribution in [-0.4, -0.2) is 31.0 Å². The smallest absolute Gasteiger partial charge is 0.351 e. The topological polar surface area (TPSA) is 127 Å². The van der Waals surface area contributed by atoms with Crippen molar-refractivity contribution in [3.05, 3.63) is 34.5 Å². The number of hydrogen-bond donors (Lipinski definition) is 5.